The highest BCUT2D eigenvalue weighted by atomic mass is 35.5. The summed E-state index contributed by atoms with van der Waals surface area (Å²) < 4.78 is 45.1. The van der Waals surface area contributed by atoms with Gasteiger partial charge in [0, 0.05) is 26.8 Å². The molecule has 29 heavy (non-hydrogen) atoms. The zero-order chi connectivity index (χ0) is 21.3. The number of hydrogen-bond acceptors (Lipinski definition) is 3. The second kappa shape index (κ2) is 8.58. The Hall–Kier alpha value is -1.70. The second-order valence-electron chi connectivity index (χ2n) is 5.85. The van der Waals surface area contributed by atoms with Crippen molar-refractivity contribution >= 4 is 46.4 Å². The van der Waals surface area contributed by atoms with E-state index in [1.54, 1.807) is 0 Å². The molecule has 10 heteroatoms. The first kappa shape index (κ1) is 22.0. The zero-order valence-electron chi connectivity index (χ0n) is 14.1. The molecule has 3 rings (SSSR count). The van der Waals surface area contributed by atoms with Crippen LogP contribution in [-0.4, -0.2) is 10.1 Å². The highest BCUT2D eigenvalue weighted by Crippen LogP contribution is 2.40. The van der Waals surface area contributed by atoms with Gasteiger partial charge in [0.25, 0.3) is 0 Å². The molecule has 0 bridgehead atoms. The maximum absolute atomic E-state index is 13.2. The SMILES string of the molecule is OC(c1ccc(Cl)cc1Cl)c1ncc(C(F)(F)F)cc1Oc1ccc(Cl)cc1Cl. The second-order valence-corrected chi connectivity index (χ2v) is 7.54. The largest absolute Gasteiger partial charge is 0.454 e. The van der Waals surface area contributed by atoms with Crippen molar-refractivity contribution in [2.45, 2.75) is 12.3 Å². The Morgan fingerprint density at radius 1 is 0.862 bits per heavy atom. The van der Waals surface area contributed by atoms with Crippen molar-refractivity contribution in [1.29, 1.82) is 0 Å². The van der Waals surface area contributed by atoms with Gasteiger partial charge in [-0.1, -0.05) is 52.5 Å². The maximum atomic E-state index is 13.2. The highest BCUT2D eigenvalue weighted by Gasteiger charge is 2.33. The van der Waals surface area contributed by atoms with Crippen LogP contribution in [0.25, 0.3) is 0 Å². The normalized spacial score (nSPS) is 12.7. The Morgan fingerprint density at radius 2 is 1.48 bits per heavy atom. The van der Waals surface area contributed by atoms with E-state index < -0.39 is 17.8 Å². The summed E-state index contributed by atoms with van der Waals surface area (Å²) in [4.78, 5) is 3.77. The Bertz CT molecular complexity index is 1060. The molecule has 0 spiro atoms. The Labute approximate surface area is 183 Å². The molecule has 3 aromatic rings. The standard InChI is InChI=1S/C19H10Cl4F3NO2/c20-10-1-3-12(13(22)6-10)18(28)17-16(5-9(8-27-17)19(24,25)26)29-15-4-2-11(21)7-14(15)23/h1-8,18,28H. The van der Waals surface area contributed by atoms with E-state index in [2.05, 4.69) is 4.98 Å². The molecule has 0 aliphatic carbocycles. The number of aliphatic hydroxyl groups is 1. The van der Waals surface area contributed by atoms with Gasteiger partial charge in [0.05, 0.1) is 10.6 Å². The van der Waals surface area contributed by atoms with Crippen molar-refractivity contribution in [3.8, 4) is 11.5 Å². The fraction of sp³-hybridized carbons (Fsp3) is 0.105. The Kier molecular flexibility index (Phi) is 6.51. The van der Waals surface area contributed by atoms with E-state index in [0.717, 1.165) is 6.07 Å². The molecule has 0 amide bonds. The van der Waals surface area contributed by atoms with Gasteiger partial charge in [0.1, 0.15) is 17.5 Å². The molecule has 0 saturated carbocycles. The van der Waals surface area contributed by atoms with Crippen LogP contribution in [0.4, 0.5) is 13.2 Å². The van der Waals surface area contributed by atoms with Gasteiger partial charge in [-0.3, -0.25) is 4.98 Å². The van der Waals surface area contributed by atoms with Crippen LogP contribution in [-0.2, 0) is 6.18 Å². The third kappa shape index (κ3) is 5.08. The number of alkyl halides is 3. The van der Waals surface area contributed by atoms with Crippen LogP contribution in [0.1, 0.15) is 22.9 Å². The number of aliphatic hydroxyl groups excluding tert-OH is 1. The lowest BCUT2D eigenvalue weighted by atomic mass is 10.0. The van der Waals surface area contributed by atoms with Gasteiger partial charge < -0.3 is 9.84 Å². The molecule has 1 aromatic heterocycles. The van der Waals surface area contributed by atoms with Crippen molar-refractivity contribution < 1.29 is 23.0 Å². The van der Waals surface area contributed by atoms with Crippen molar-refractivity contribution in [1.82, 2.24) is 4.98 Å². The summed E-state index contributed by atoms with van der Waals surface area (Å²) >= 11 is 23.8. The summed E-state index contributed by atoms with van der Waals surface area (Å²) in [7, 11) is 0. The van der Waals surface area contributed by atoms with E-state index in [9.17, 15) is 18.3 Å². The van der Waals surface area contributed by atoms with E-state index in [-0.39, 0.29) is 32.8 Å². The van der Waals surface area contributed by atoms with Gasteiger partial charge in [-0.2, -0.15) is 13.2 Å². The van der Waals surface area contributed by atoms with E-state index in [0.29, 0.717) is 16.2 Å². The molecule has 1 N–H and O–H groups in total. The monoisotopic (exact) mass is 481 g/mol. The van der Waals surface area contributed by atoms with Crippen LogP contribution >= 0.6 is 46.4 Å². The first-order valence-corrected chi connectivity index (χ1v) is 9.40. The molecule has 0 fully saturated rings. The topological polar surface area (TPSA) is 42.4 Å². The molecule has 1 atom stereocenters. The molecule has 0 saturated heterocycles. The number of halogens is 7. The summed E-state index contributed by atoms with van der Waals surface area (Å²) in [6.45, 7) is 0. The first-order valence-electron chi connectivity index (χ1n) is 7.89. The van der Waals surface area contributed by atoms with E-state index in [4.69, 9.17) is 51.1 Å². The van der Waals surface area contributed by atoms with Crippen molar-refractivity contribution in [2.24, 2.45) is 0 Å². The summed E-state index contributed by atoms with van der Waals surface area (Å²) in [6, 6.07) is 9.24. The van der Waals surface area contributed by atoms with Crippen LogP contribution < -0.4 is 4.74 Å². The van der Waals surface area contributed by atoms with Gasteiger partial charge in [-0.05, 0) is 36.4 Å². The van der Waals surface area contributed by atoms with E-state index in [1.807, 2.05) is 0 Å². The molecule has 152 valence electrons. The lowest BCUT2D eigenvalue weighted by Gasteiger charge is -2.18. The number of ether oxygens (including phenoxy) is 1. The lowest BCUT2D eigenvalue weighted by molar-refractivity contribution is -0.138. The average molecular weight is 483 g/mol. The van der Waals surface area contributed by atoms with Crippen LogP contribution in [0.5, 0.6) is 11.5 Å². The van der Waals surface area contributed by atoms with Crippen LogP contribution in [0, 0.1) is 0 Å². The maximum Gasteiger partial charge on any atom is 0.418 e. The van der Waals surface area contributed by atoms with E-state index >= 15 is 0 Å². The number of rotatable bonds is 4. The third-order valence-electron chi connectivity index (χ3n) is 3.84. The highest BCUT2D eigenvalue weighted by molar-refractivity contribution is 6.35. The van der Waals surface area contributed by atoms with Crippen LogP contribution in [0.3, 0.4) is 0 Å². The molecular weight excluding hydrogens is 473 g/mol. The fourth-order valence-corrected chi connectivity index (χ4v) is 3.40. The molecule has 1 unspecified atom stereocenters. The van der Waals surface area contributed by atoms with Crippen molar-refractivity contribution in [3.05, 3.63) is 85.6 Å². The summed E-state index contributed by atoms with van der Waals surface area (Å²) in [6.07, 6.45) is -5.56. The number of benzene rings is 2. The molecule has 2 aromatic carbocycles. The minimum absolute atomic E-state index is 0.0350. The molecular formula is C19H10Cl4F3NO2. The summed E-state index contributed by atoms with van der Waals surface area (Å²) in [5, 5.41) is 11.6. The van der Waals surface area contributed by atoms with Gasteiger partial charge in [0.15, 0.2) is 5.75 Å². The average Bonchev–Trinajstić information content (AvgIpc) is 2.63. The minimum Gasteiger partial charge on any atom is -0.454 e. The van der Waals surface area contributed by atoms with Crippen LogP contribution in [0.2, 0.25) is 20.1 Å². The smallest absolute Gasteiger partial charge is 0.418 e. The molecule has 3 nitrogen and oxygen atoms in total. The number of hydrogen-bond donors (Lipinski definition) is 1. The van der Waals surface area contributed by atoms with Gasteiger partial charge >= 0.3 is 6.18 Å². The Balaban J connectivity index is 2.10. The van der Waals surface area contributed by atoms with Gasteiger partial charge in [-0.25, -0.2) is 0 Å². The van der Waals surface area contributed by atoms with Crippen molar-refractivity contribution in [3.63, 3.8) is 0 Å². The fourth-order valence-electron chi connectivity index (χ4n) is 2.44. The molecule has 0 aliphatic heterocycles. The van der Waals surface area contributed by atoms with Crippen LogP contribution in [0.15, 0.2) is 48.7 Å². The summed E-state index contributed by atoms with van der Waals surface area (Å²) in [5.41, 5.74) is -1.06. The van der Waals surface area contributed by atoms with E-state index in [1.165, 1.54) is 36.4 Å². The minimum atomic E-state index is -4.67. The molecule has 1 heterocycles. The van der Waals surface area contributed by atoms with Gasteiger partial charge in [0.2, 0.25) is 0 Å². The number of nitrogens with zero attached hydrogens (tertiary/aromatic N) is 1. The third-order valence-corrected chi connectivity index (χ3v) is 4.93. The number of aromatic nitrogens is 1. The van der Waals surface area contributed by atoms with Crippen molar-refractivity contribution in [2.75, 3.05) is 0 Å². The molecule has 0 radical (unpaired) electrons. The zero-order valence-corrected chi connectivity index (χ0v) is 17.2. The number of pyridine rings is 1. The molecule has 0 aliphatic rings. The lowest BCUT2D eigenvalue weighted by Crippen LogP contribution is -2.10. The summed E-state index contributed by atoms with van der Waals surface area (Å²) in [5.74, 6) is -0.310. The predicted molar refractivity (Wildman–Crippen MR) is 106 cm³/mol. The first-order chi connectivity index (χ1) is 13.6. The van der Waals surface area contributed by atoms with Gasteiger partial charge in [-0.15, -0.1) is 0 Å². The Morgan fingerprint density at radius 3 is 2.07 bits per heavy atom. The quantitative estimate of drug-likeness (QED) is 0.416. The predicted octanol–water partition coefficient (Wildman–Crippen LogP) is 7.59.